The number of benzene rings is 2. The number of carbonyl (C=O) groups excluding carboxylic acids is 2. The molecule has 0 saturated carbocycles. The largest absolute Gasteiger partial charge is 0.391 e. The summed E-state index contributed by atoms with van der Waals surface area (Å²) >= 11 is 0. The quantitative estimate of drug-likeness (QED) is 0.646. The van der Waals surface area contributed by atoms with Crippen LogP contribution in [0.5, 0.6) is 0 Å². The van der Waals surface area contributed by atoms with Crippen molar-refractivity contribution in [1.82, 2.24) is 10.6 Å². The fourth-order valence-corrected chi connectivity index (χ4v) is 3.53. The van der Waals surface area contributed by atoms with Crippen LogP contribution in [-0.2, 0) is 13.0 Å². The average molecular weight is 380 g/mol. The van der Waals surface area contributed by atoms with E-state index >= 15 is 0 Å². The van der Waals surface area contributed by atoms with Crippen LogP contribution >= 0.6 is 0 Å². The van der Waals surface area contributed by atoms with Crippen molar-refractivity contribution in [3.8, 4) is 0 Å². The van der Waals surface area contributed by atoms with Crippen LogP contribution in [0.4, 0.5) is 0 Å². The van der Waals surface area contributed by atoms with Crippen molar-refractivity contribution in [2.75, 3.05) is 0 Å². The van der Waals surface area contributed by atoms with Gasteiger partial charge in [0.15, 0.2) is 5.78 Å². The standard InChI is InChI=1S/C23H28N2O3/c1-15(2)25-23(28)17-9-7-16(8-10-17)21(26)11-12-22(27)20-13-18-5-3-4-6-19(18)14-24-20/h3-10,15,20,22,24,27H,11-14H2,1-2H3,(H,25,28)/t20-,22+/m0/s1. The fraction of sp³-hybridized carbons (Fsp3) is 0.391. The number of carbonyl (C=O) groups is 2. The molecule has 1 amide bonds. The summed E-state index contributed by atoms with van der Waals surface area (Å²) in [6.07, 6.45) is 0.881. The minimum atomic E-state index is -0.576. The normalized spacial score (nSPS) is 17.1. The molecule has 0 spiro atoms. The fourth-order valence-electron chi connectivity index (χ4n) is 3.53. The smallest absolute Gasteiger partial charge is 0.251 e. The summed E-state index contributed by atoms with van der Waals surface area (Å²) in [5.41, 5.74) is 3.63. The van der Waals surface area contributed by atoms with Crippen LogP contribution in [-0.4, -0.2) is 35.0 Å². The SMILES string of the molecule is CC(C)NC(=O)c1ccc(C(=O)CC[C@@H](O)[C@@H]2Cc3ccccc3CN2)cc1. The molecule has 2 aromatic carbocycles. The number of amides is 1. The van der Waals surface area contributed by atoms with Crippen molar-refractivity contribution < 1.29 is 14.7 Å². The summed E-state index contributed by atoms with van der Waals surface area (Å²) in [6, 6.07) is 15.0. The average Bonchev–Trinajstić information content (AvgIpc) is 2.71. The summed E-state index contributed by atoms with van der Waals surface area (Å²) in [4.78, 5) is 24.4. The summed E-state index contributed by atoms with van der Waals surface area (Å²) in [6.45, 7) is 4.55. The molecule has 1 aliphatic rings. The molecule has 1 heterocycles. The van der Waals surface area contributed by atoms with Crippen molar-refractivity contribution in [3.05, 3.63) is 70.8 Å². The van der Waals surface area contributed by atoms with Crippen LogP contribution in [0.25, 0.3) is 0 Å². The second-order valence-electron chi connectivity index (χ2n) is 7.69. The molecule has 5 heteroatoms. The molecule has 148 valence electrons. The van der Waals surface area contributed by atoms with Crippen LogP contribution in [0.15, 0.2) is 48.5 Å². The molecular weight excluding hydrogens is 352 g/mol. The van der Waals surface area contributed by atoms with Gasteiger partial charge >= 0.3 is 0 Å². The van der Waals surface area contributed by atoms with Gasteiger partial charge in [-0.3, -0.25) is 9.59 Å². The van der Waals surface area contributed by atoms with Gasteiger partial charge in [-0.15, -0.1) is 0 Å². The second kappa shape index (κ2) is 9.13. The number of fused-ring (bicyclic) bond motifs is 1. The van der Waals surface area contributed by atoms with Gasteiger partial charge in [0.25, 0.3) is 5.91 Å². The maximum Gasteiger partial charge on any atom is 0.251 e. The minimum Gasteiger partial charge on any atom is -0.391 e. The van der Waals surface area contributed by atoms with Crippen LogP contribution < -0.4 is 10.6 Å². The third kappa shape index (κ3) is 5.06. The molecular formula is C23H28N2O3. The topological polar surface area (TPSA) is 78.4 Å². The summed E-state index contributed by atoms with van der Waals surface area (Å²) < 4.78 is 0. The van der Waals surface area contributed by atoms with E-state index in [1.165, 1.54) is 11.1 Å². The van der Waals surface area contributed by atoms with E-state index in [1.54, 1.807) is 24.3 Å². The first-order valence-electron chi connectivity index (χ1n) is 9.86. The lowest BCUT2D eigenvalue weighted by atomic mass is 9.90. The van der Waals surface area contributed by atoms with Crippen molar-refractivity contribution in [2.45, 2.75) is 57.8 Å². The van der Waals surface area contributed by atoms with Gasteiger partial charge in [-0.05, 0) is 49.9 Å². The first kappa shape index (κ1) is 20.2. The summed E-state index contributed by atoms with van der Waals surface area (Å²) in [5.74, 6) is -0.167. The predicted molar refractivity (Wildman–Crippen MR) is 109 cm³/mol. The van der Waals surface area contributed by atoms with E-state index in [0.29, 0.717) is 17.5 Å². The third-order valence-corrected chi connectivity index (χ3v) is 5.13. The Labute approximate surface area is 166 Å². The van der Waals surface area contributed by atoms with Gasteiger partial charge in [0.1, 0.15) is 0 Å². The molecule has 3 N–H and O–H groups in total. The van der Waals surface area contributed by atoms with Gasteiger partial charge < -0.3 is 15.7 Å². The number of ketones is 1. The van der Waals surface area contributed by atoms with E-state index in [2.05, 4.69) is 22.8 Å². The van der Waals surface area contributed by atoms with Crippen molar-refractivity contribution >= 4 is 11.7 Å². The van der Waals surface area contributed by atoms with Gasteiger partial charge in [0.05, 0.1) is 6.10 Å². The lowest BCUT2D eigenvalue weighted by molar-refractivity contribution is 0.0876. The van der Waals surface area contributed by atoms with Crippen molar-refractivity contribution in [3.63, 3.8) is 0 Å². The zero-order chi connectivity index (χ0) is 20.1. The molecule has 28 heavy (non-hydrogen) atoms. The van der Waals surface area contributed by atoms with Gasteiger partial charge in [-0.25, -0.2) is 0 Å². The van der Waals surface area contributed by atoms with Gasteiger partial charge in [0.2, 0.25) is 0 Å². The molecule has 0 saturated heterocycles. The maximum atomic E-state index is 12.5. The minimum absolute atomic E-state index is 0.0222. The number of aliphatic hydroxyl groups excluding tert-OH is 1. The highest BCUT2D eigenvalue weighted by atomic mass is 16.3. The number of Topliss-reactive ketones (excluding diaryl/α,β-unsaturated/α-hetero) is 1. The lowest BCUT2D eigenvalue weighted by Gasteiger charge is -2.29. The number of nitrogens with one attached hydrogen (secondary N) is 2. The second-order valence-corrected chi connectivity index (χ2v) is 7.69. The monoisotopic (exact) mass is 380 g/mol. The Morgan fingerprint density at radius 1 is 1.07 bits per heavy atom. The highest BCUT2D eigenvalue weighted by Crippen LogP contribution is 2.20. The Bertz CT molecular complexity index is 830. The molecule has 1 aliphatic heterocycles. The van der Waals surface area contributed by atoms with Crippen molar-refractivity contribution in [2.24, 2.45) is 0 Å². The van der Waals surface area contributed by atoms with E-state index in [1.807, 2.05) is 26.0 Å². The van der Waals surface area contributed by atoms with E-state index in [4.69, 9.17) is 0 Å². The number of hydrogen-bond donors (Lipinski definition) is 3. The Hall–Kier alpha value is -2.50. The van der Waals surface area contributed by atoms with Crippen LogP contribution in [0.3, 0.4) is 0 Å². The number of aliphatic hydroxyl groups is 1. The van der Waals surface area contributed by atoms with E-state index in [-0.39, 0.29) is 30.2 Å². The van der Waals surface area contributed by atoms with Crippen LogP contribution in [0, 0.1) is 0 Å². The summed E-state index contributed by atoms with van der Waals surface area (Å²) in [5, 5.41) is 16.7. The number of rotatable bonds is 7. The van der Waals surface area contributed by atoms with Gasteiger partial charge in [0, 0.05) is 36.2 Å². The molecule has 5 nitrogen and oxygen atoms in total. The Kier molecular flexibility index (Phi) is 6.60. The maximum absolute atomic E-state index is 12.5. The summed E-state index contributed by atoms with van der Waals surface area (Å²) in [7, 11) is 0. The van der Waals surface area contributed by atoms with Gasteiger partial charge in [-0.1, -0.05) is 36.4 Å². The highest BCUT2D eigenvalue weighted by molar-refractivity contribution is 5.98. The van der Waals surface area contributed by atoms with E-state index < -0.39 is 6.10 Å². The van der Waals surface area contributed by atoms with Gasteiger partial charge in [-0.2, -0.15) is 0 Å². The molecule has 0 aliphatic carbocycles. The van der Waals surface area contributed by atoms with E-state index in [9.17, 15) is 14.7 Å². The number of hydrogen-bond acceptors (Lipinski definition) is 4. The lowest BCUT2D eigenvalue weighted by Crippen LogP contribution is -2.44. The van der Waals surface area contributed by atoms with Crippen LogP contribution in [0.1, 0.15) is 58.5 Å². The predicted octanol–water partition coefficient (Wildman–Crippen LogP) is 2.86. The molecule has 0 bridgehead atoms. The first-order valence-corrected chi connectivity index (χ1v) is 9.86. The van der Waals surface area contributed by atoms with Crippen LogP contribution in [0.2, 0.25) is 0 Å². The highest BCUT2D eigenvalue weighted by Gasteiger charge is 2.24. The van der Waals surface area contributed by atoms with E-state index in [0.717, 1.165) is 13.0 Å². The van der Waals surface area contributed by atoms with Crippen molar-refractivity contribution in [1.29, 1.82) is 0 Å². The Balaban J connectivity index is 1.52. The molecule has 0 unspecified atom stereocenters. The molecule has 3 rings (SSSR count). The molecule has 0 fully saturated rings. The third-order valence-electron chi connectivity index (χ3n) is 5.13. The molecule has 0 aromatic heterocycles. The zero-order valence-electron chi connectivity index (χ0n) is 16.4. The zero-order valence-corrected chi connectivity index (χ0v) is 16.4. The molecule has 0 radical (unpaired) electrons. The first-order chi connectivity index (χ1) is 13.4. The molecule has 2 atom stereocenters. The Morgan fingerprint density at radius 3 is 2.39 bits per heavy atom. The molecule has 2 aromatic rings. The Morgan fingerprint density at radius 2 is 1.71 bits per heavy atom.